The summed E-state index contributed by atoms with van der Waals surface area (Å²) >= 11 is 7.84. The van der Waals surface area contributed by atoms with Gasteiger partial charge in [-0.2, -0.15) is 4.98 Å². The maximum atomic E-state index is 6.33. The van der Waals surface area contributed by atoms with E-state index in [1.165, 1.54) is 11.8 Å². The third-order valence-corrected chi connectivity index (χ3v) is 5.68. The van der Waals surface area contributed by atoms with Gasteiger partial charge >= 0.3 is 0 Å². The van der Waals surface area contributed by atoms with E-state index >= 15 is 0 Å². The van der Waals surface area contributed by atoms with Gasteiger partial charge in [-0.25, -0.2) is 0 Å². The molecule has 5 rings (SSSR count). The van der Waals surface area contributed by atoms with Crippen LogP contribution < -0.4 is 10.1 Å². The Morgan fingerprint density at radius 1 is 1.00 bits per heavy atom. The second-order valence-corrected chi connectivity index (χ2v) is 8.19. The van der Waals surface area contributed by atoms with Crippen LogP contribution in [0.25, 0.3) is 22.6 Å². The van der Waals surface area contributed by atoms with Gasteiger partial charge in [0, 0.05) is 16.8 Å². The number of rotatable bonds is 4. The number of anilines is 1. The number of benzene rings is 2. The third-order valence-electron chi connectivity index (χ3n) is 4.63. The molecule has 8 heteroatoms. The number of halogens is 1. The van der Waals surface area contributed by atoms with E-state index in [9.17, 15) is 0 Å². The SMILES string of the molecule is CCSc1nnc2c(n1)O[C@H](c1ccc(-c3ccccc3Cl)o1)Nc1ccccc1-2. The van der Waals surface area contributed by atoms with Crippen molar-refractivity contribution in [3.8, 4) is 28.5 Å². The molecule has 1 aliphatic rings. The molecule has 0 saturated heterocycles. The summed E-state index contributed by atoms with van der Waals surface area (Å²) in [6, 6.07) is 19.2. The van der Waals surface area contributed by atoms with Gasteiger partial charge < -0.3 is 14.5 Å². The van der Waals surface area contributed by atoms with Crippen molar-refractivity contribution in [3.63, 3.8) is 0 Å². The predicted molar refractivity (Wildman–Crippen MR) is 118 cm³/mol. The Kier molecular flexibility index (Phi) is 5.06. The molecular weight excluding hydrogens is 420 g/mol. The van der Waals surface area contributed by atoms with Crippen LogP contribution in [0.3, 0.4) is 0 Å². The molecular formula is C22H17ClN4O2S. The number of fused-ring (bicyclic) bond motifs is 3. The number of hydrogen-bond acceptors (Lipinski definition) is 7. The fourth-order valence-corrected chi connectivity index (χ4v) is 4.00. The highest BCUT2D eigenvalue weighted by atomic mass is 35.5. The topological polar surface area (TPSA) is 73.1 Å². The molecule has 0 spiro atoms. The molecule has 1 N–H and O–H groups in total. The number of nitrogens with zero attached hydrogens (tertiary/aromatic N) is 3. The van der Waals surface area contributed by atoms with Crippen LogP contribution in [0.4, 0.5) is 5.69 Å². The van der Waals surface area contributed by atoms with Crippen molar-refractivity contribution in [2.75, 3.05) is 11.1 Å². The average Bonchev–Trinajstić information content (AvgIpc) is 3.18. The van der Waals surface area contributed by atoms with Gasteiger partial charge in [-0.1, -0.05) is 60.6 Å². The first-order chi connectivity index (χ1) is 14.7. The summed E-state index contributed by atoms with van der Waals surface area (Å²) in [5.41, 5.74) is 3.16. The van der Waals surface area contributed by atoms with Gasteiger partial charge in [-0.15, -0.1) is 10.2 Å². The summed E-state index contributed by atoms with van der Waals surface area (Å²) in [6.45, 7) is 2.04. The van der Waals surface area contributed by atoms with Crippen molar-refractivity contribution in [2.45, 2.75) is 18.3 Å². The lowest BCUT2D eigenvalue weighted by Gasteiger charge is -2.16. The van der Waals surface area contributed by atoms with Gasteiger partial charge in [0.05, 0.1) is 5.02 Å². The Morgan fingerprint density at radius 2 is 1.80 bits per heavy atom. The number of ether oxygens (including phenoxy) is 1. The van der Waals surface area contributed by atoms with Crippen molar-refractivity contribution in [3.05, 3.63) is 71.4 Å². The van der Waals surface area contributed by atoms with Crippen LogP contribution in [0.15, 0.2) is 70.2 Å². The molecule has 2 aromatic heterocycles. The van der Waals surface area contributed by atoms with E-state index in [1.807, 2.05) is 67.6 Å². The molecule has 1 atom stereocenters. The Labute approximate surface area is 182 Å². The van der Waals surface area contributed by atoms with Gasteiger partial charge in [0.25, 0.3) is 0 Å². The van der Waals surface area contributed by atoms with E-state index in [0.717, 1.165) is 22.6 Å². The zero-order valence-corrected chi connectivity index (χ0v) is 17.6. The van der Waals surface area contributed by atoms with Gasteiger partial charge in [-0.3, -0.25) is 0 Å². The molecule has 3 heterocycles. The minimum absolute atomic E-state index is 0.416. The lowest BCUT2D eigenvalue weighted by atomic mass is 10.1. The van der Waals surface area contributed by atoms with Crippen molar-refractivity contribution in [2.24, 2.45) is 0 Å². The fourth-order valence-electron chi connectivity index (χ4n) is 3.27. The summed E-state index contributed by atoms with van der Waals surface area (Å²) < 4.78 is 12.3. The van der Waals surface area contributed by atoms with E-state index in [0.29, 0.717) is 33.3 Å². The molecule has 2 aromatic carbocycles. The smallest absolute Gasteiger partial charge is 0.247 e. The first-order valence-electron chi connectivity index (χ1n) is 9.47. The molecule has 0 unspecified atom stereocenters. The summed E-state index contributed by atoms with van der Waals surface area (Å²) in [5.74, 6) is 2.54. The Balaban J connectivity index is 1.56. The monoisotopic (exact) mass is 436 g/mol. The van der Waals surface area contributed by atoms with Crippen LogP contribution >= 0.6 is 23.4 Å². The molecule has 0 amide bonds. The molecule has 150 valence electrons. The Hall–Kier alpha value is -3.03. The largest absolute Gasteiger partial charge is 0.455 e. The molecule has 6 nitrogen and oxygen atoms in total. The minimum atomic E-state index is -0.584. The normalized spacial score (nSPS) is 14.8. The van der Waals surface area contributed by atoms with Crippen LogP contribution in [0.5, 0.6) is 5.88 Å². The highest BCUT2D eigenvalue weighted by Crippen LogP contribution is 2.40. The summed E-state index contributed by atoms with van der Waals surface area (Å²) in [5, 5.41) is 13.2. The Morgan fingerprint density at radius 3 is 2.63 bits per heavy atom. The molecule has 4 aromatic rings. The van der Waals surface area contributed by atoms with Crippen molar-refractivity contribution >= 4 is 29.1 Å². The van der Waals surface area contributed by atoms with Crippen LogP contribution in [0.2, 0.25) is 5.02 Å². The first-order valence-corrected chi connectivity index (χ1v) is 10.8. The maximum absolute atomic E-state index is 6.33. The number of para-hydroxylation sites is 1. The van der Waals surface area contributed by atoms with E-state index in [4.69, 9.17) is 20.8 Å². The summed E-state index contributed by atoms with van der Waals surface area (Å²) in [7, 11) is 0. The van der Waals surface area contributed by atoms with Crippen LogP contribution in [0.1, 0.15) is 18.9 Å². The molecule has 0 fully saturated rings. The van der Waals surface area contributed by atoms with Crippen molar-refractivity contribution in [1.82, 2.24) is 15.2 Å². The van der Waals surface area contributed by atoms with Crippen LogP contribution in [0, 0.1) is 0 Å². The highest BCUT2D eigenvalue weighted by molar-refractivity contribution is 7.99. The lowest BCUT2D eigenvalue weighted by molar-refractivity contribution is 0.196. The van der Waals surface area contributed by atoms with E-state index in [2.05, 4.69) is 20.5 Å². The number of aromatic nitrogens is 3. The molecule has 30 heavy (non-hydrogen) atoms. The molecule has 1 aliphatic heterocycles. The number of furan rings is 1. The predicted octanol–water partition coefficient (Wildman–Crippen LogP) is 6.07. The standard InChI is InChI=1S/C22H17ClN4O2S/c1-2-30-22-25-21-19(26-27-22)14-8-4-6-10-16(14)24-20(29-21)18-12-11-17(28-18)13-7-3-5-9-15(13)23/h3-12,20,24H,2H2,1H3/t20-/m1/s1. The summed E-state index contributed by atoms with van der Waals surface area (Å²) in [4.78, 5) is 4.58. The fraction of sp³-hybridized carbons (Fsp3) is 0.136. The van der Waals surface area contributed by atoms with Crippen molar-refractivity contribution in [1.29, 1.82) is 0 Å². The first kappa shape index (κ1) is 19.0. The third kappa shape index (κ3) is 3.51. The van der Waals surface area contributed by atoms with Gasteiger partial charge in [0.2, 0.25) is 17.3 Å². The molecule has 0 bridgehead atoms. The van der Waals surface area contributed by atoms with E-state index in [1.54, 1.807) is 0 Å². The van der Waals surface area contributed by atoms with Crippen LogP contribution in [-0.4, -0.2) is 20.9 Å². The maximum Gasteiger partial charge on any atom is 0.247 e. The van der Waals surface area contributed by atoms with Gasteiger partial charge in [0.15, 0.2) is 11.5 Å². The van der Waals surface area contributed by atoms with Gasteiger partial charge in [0.1, 0.15) is 5.76 Å². The van der Waals surface area contributed by atoms with Gasteiger partial charge in [-0.05, 0) is 36.1 Å². The van der Waals surface area contributed by atoms with E-state index < -0.39 is 6.23 Å². The average molecular weight is 437 g/mol. The van der Waals surface area contributed by atoms with E-state index in [-0.39, 0.29) is 0 Å². The quantitative estimate of drug-likeness (QED) is 0.389. The second-order valence-electron chi connectivity index (χ2n) is 6.55. The minimum Gasteiger partial charge on any atom is -0.455 e. The highest BCUT2D eigenvalue weighted by Gasteiger charge is 2.28. The lowest BCUT2D eigenvalue weighted by Crippen LogP contribution is -2.16. The number of hydrogen-bond donors (Lipinski definition) is 1. The zero-order valence-electron chi connectivity index (χ0n) is 16.0. The second kappa shape index (κ2) is 8.01. The number of nitrogens with one attached hydrogen (secondary N) is 1. The summed E-state index contributed by atoms with van der Waals surface area (Å²) in [6.07, 6.45) is -0.584. The number of thioether (sulfide) groups is 1. The van der Waals surface area contributed by atoms with Crippen molar-refractivity contribution < 1.29 is 9.15 Å². The molecule has 0 radical (unpaired) electrons. The molecule has 0 saturated carbocycles. The molecule has 0 aliphatic carbocycles. The zero-order chi connectivity index (χ0) is 20.5. The van der Waals surface area contributed by atoms with Crippen LogP contribution in [-0.2, 0) is 0 Å². The Bertz CT molecular complexity index is 1210.